The largest absolute Gasteiger partial charge is 0.422 e. The molecule has 5 nitrogen and oxygen atoms in total. The Kier molecular flexibility index (Phi) is 3.64. The average Bonchev–Trinajstić information content (AvgIpc) is 2.52. The van der Waals surface area contributed by atoms with E-state index in [0.29, 0.717) is 17.4 Å². The minimum absolute atomic E-state index is 0.110. The van der Waals surface area contributed by atoms with Crippen molar-refractivity contribution in [3.63, 3.8) is 0 Å². The fourth-order valence-electron chi connectivity index (χ4n) is 3.17. The monoisotopic (exact) mass is 300 g/mol. The Bertz CT molecular complexity index is 795. The lowest BCUT2D eigenvalue weighted by Crippen LogP contribution is -2.40. The van der Waals surface area contributed by atoms with Crippen LogP contribution in [0.5, 0.6) is 0 Å². The van der Waals surface area contributed by atoms with E-state index in [0.717, 1.165) is 42.9 Å². The second-order valence-electron chi connectivity index (χ2n) is 5.54. The van der Waals surface area contributed by atoms with Gasteiger partial charge in [0.05, 0.1) is 11.4 Å². The van der Waals surface area contributed by atoms with Crippen molar-refractivity contribution >= 4 is 28.6 Å². The minimum Gasteiger partial charge on any atom is -0.422 e. The predicted octanol–water partition coefficient (Wildman–Crippen LogP) is 2.58. The van der Waals surface area contributed by atoms with E-state index in [1.165, 1.54) is 0 Å². The molecule has 0 unspecified atom stereocenters. The Morgan fingerprint density at radius 2 is 1.73 bits per heavy atom. The van der Waals surface area contributed by atoms with E-state index in [4.69, 9.17) is 4.42 Å². The Labute approximate surface area is 129 Å². The number of anilines is 2. The van der Waals surface area contributed by atoms with Gasteiger partial charge in [-0.2, -0.15) is 0 Å². The standard InChI is InChI=1S/C17H20N2O3/c1-4-18-6-7-19(5-2)15-9-16-12(8-14(15)18)11(3)13(10-20)17(21)22-16/h8-10H,4-7H2,1-3H3. The number of aryl methyl sites for hydroxylation is 1. The summed E-state index contributed by atoms with van der Waals surface area (Å²) < 4.78 is 5.36. The number of likely N-dealkylation sites (N-methyl/N-ethyl adjacent to an activating group) is 2. The summed E-state index contributed by atoms with van der Waals surface area (Å²) in [6.07, 6.45) is 0.579. The number of hydrogen-bond acceptors (Lipinski definition) is 5. The fraction of sp³-hybridized carbons (Fsp3) is 0.412. The molecule has 1 aromatic heterocycles. The van der Waals surface area contributed by atoms with Gasteiger partial charge < -0.3 is 14.2 Å². The number of nitrogens with zero attached hydrogens (tertiary/aromatic N) is 2. The topological polar surface area (TPSA) is 53.8 Å². The van der Waals surface area contributed by atoms with Gasteiger partial charge in [0.25, 0.3) is 0 Å². The highest BCUT2D eigenvalue weighted by molar-refractivity contribution is 5.95. The molecule has 0 N–H and O–H groups in total. The molecule has 0 saturated heterocycles. The van der Waals surface area contributed by atoms with Crippen LogP contribution in [0.4, 0.5) is 11.4 Å². The SMILES string of the molecule is CCN1CCN(CC)c2cc3c(C)c(C=O)c(=O)oc3cc21. The van der Waals surface area contributed by atoms with Crippen LogP contribution in [-0.4, -0.2) is 32.5 Å². The third kappa shape index (κ3) is 2.08. The Balaban J connectivity index is 2.33. The number of fused-ring (bicyclic) bond motifs is 2. The van der Waals surface area contributed by atoms with E-state index in [1.807, 2.05) is 12.1 Å². The van der Waals surface area contributed by atoms with Crippen molar-refractivity contribution in [1.29, 1.82) is 0 Å². The van der Waals surface area contributed by atoms with E-state index in [-0.39, 0.29) is 5.56 Å². The molecule has 1 aliphatic heterocycles. The number of carbonyl (C=O) groups is 1. The molecule has 3 rings (SSSR count). The van der Waals surface area contributed by atoms with Gasteiger partial charge in [0, 0.05) is 37.6 Å². The van der Waals surface area contributed by atoms with Crippen LogP contribution in [0.25, 0.3) is 11.0 Å². The summed E-state index contributed by atoms with van der Waals surface area (Å²) in [4.78, 5) is 27.6. The van der Waals surface area contributed by atoms with Crippen LogP contribution in [0.3, 0.4) is 0 Å². The van der Waals surface area contributed by atoms with Crippen molar-refractivity contribution in [2.45, 2.75) is 20.8 Å². The molecule has 2 aromatic rings. The molecule has 0 atom stereocenters. The summed E-state index contributed by atoms with van der Waals surface area (Å²) in [6, 6.07) is 3.97. The second-order valence-corrected chi connectivity index (χ2v) is 5.54. The predicted molar refractivity (Wildman–Crippen MR) is 88.4 cm³/mol. The van der Waals surface area contributed by atoms with Crippen LogP contribution in [0.15, 0.2) is 21.3 Å². The van der Waals surface area contributed by atoms with E-state index in [1.54, 1.807) is 6.92 Å². The van der Waals surface area contributed by atoms with Gasteiger partial charge in [-0.05, 0) is 32.4 Å². The number of carbonyl (C=O) groups excluding carboxylic acids is 1. The van der Waals surface area contributed by atoms with Crippen molar-refractivity contribution in [2.24, 2.45) is 0 Å². The van der Waals surface area contributed by atoms with Crippen LogP contribution in [0, 0.1) is 6.92 Å². The Hall–Kier alpha value is -2.30. The lowest BCUT2D eigenvalue weighted by molar-refractivity contribution is 0.111. The maximum atomic E-state index is 11.9. The zero-order chi connectivity index (χ0) is 15.9. The van der Waals surface area contributed by atoms with Crippen LogP contribution in [-0.2, 0) is 0 Å². The zero-order valence-corrected chi connectivity index (χ0v) is 13.2. The molecule has 2 heterocycles. The smallest absolute Gasteiger partial charge is 0.347 e. The van der Waals surface area contributed by atoms with E-state index < -0.39 is 5.63 Å². The van der Waals surface area contributed by atoms with Gasteiger partial charge in [0.15, 0.2) is 6.29 Å². The van der Waals surface area contributed by atoms with Crippen molar-refractivity contribution in [2.75, 3.05) is 36.0 Å². The molecule has 5 heteroatoms. The summed E-state index contributed by atoms with van der Waals surface area (Å²) in [6.45, 7) is 9.80. The van der Waals surface area contributed by atoms with Crippen LogP contribution >= 0.6 is 0 Å². The molecule has 22 heavy (non-hydrogen) atoms. The quantitative estimate of drug-likeness (QED) is 0.644. The van der Waals surface area contributed by atoms with E-state index in [9.17, 15) is 9.59 Å². The lowest BCUT2D eigenvalue weighted by Gasteiger charge is -2.38. The Morgan fingerprint density at radius 3 is 2.27 bits per heavy atom. The van der Waals surface area contributed by atoms with Gasteiger partial charge in [-0.3, -0.25) is 4.79 Å². The third-order valence-electron chi connectivity index (χ3n) is 4.51. The lowest BCUT2D eigenvalue weighted by atomic mass is 10.0. The molecule has 0 fully saturated rings. The normalized spacial score (nSPS) is 14.3. The molecule has 0 radical (unpaired) electrons. The fourth-order valence-corrected chi connectivity index (χ4v) is 3.17. The highest BCUT2D eigenvalue weighted by Crippen LogP contribution is 2.37. The van der Waals surface area contributed by atoms with Gasteiger partial charge in [0.1, 0.15) is 11.1 Å². The van der Waals surface area contributed by atoms with Crippen molar-refractivity contribution < 1.29 is 9.21 Å². The van der Waals surface area contributed by atoms with Gasteiger partial charge in [-0.15, -0.1) is 0 Å². The average molecular weight is 300 g/mol. The van der Waals surface area contributed by atoms with Gasteiger partial charge in [0.2, 0.25) is 0 Å². The third-order valence-corrected chi connectivity index (χ3v) is 4.51. The molecule has 0 spiro atoms. The number of benzene rings is 1. The molecule has 0 saturated carbocycles. The maximum absolute atomic E-state index is 11.9. The number of hydrogen-bond donors (Lipinski definition) is 0. The van der Waals surface area contributed by atoms with E-state index in [2.05, 4.69) is 23.6 Å². The first-order chi connectivity index (χ1) is 10.6. The molecule has 0 bridgehead atoms. The van der Waals surface area contributed by atoms with Crippen LogP contribution in [0.1, 0.15) is 29.8 Å². The van der Waals surface area contributed by atoms with Crippen LogP contribution < -0.4 is 15.4 Å². The first-order valence-corrected chi connectivity index (χ1v) is 7.67. The summed E-state index contributed by atoms with van der Waals surface area (Å²) in [5.74, 6) is 0. The molecule has 0 amide bonds. The molecule has 0 aliphatic carbocycles. The van der Waals surface area contributed by atoms with Crippen LogP contribution in [0.2, 0.25) is 0 Å². The van der Waals surface area contributed by atoms with Crippen molar-refractivity contribution in [3.8, 4) is 0 Å². The molecular weight excluding hydrogens is 280 g/mol. The molecule has 1 aromatic carbocycles. The second kappa shape index (κ2) is 5.48. The summed E-state index contributed by atoms with van der Waals surface area (Å²) >= 11 is 0. The summed E-state index contributed by atoms with van der Waals surface area (Å²) in [7, 11) is 0. The van der Waals surface area contributed by atoms with E-state index >= 15 is 0 Å². The van der Waals surface area contributed by atoms with Gasteiger partial charge >= 0.3 is 5.63 Å². The minimum atomic E-state index is -0.564. The summed E-state index contributed by atoms with van der Waals surface area (Å²) in [5, 5.41) is 0.830. The van der Waals surface area contributed by atoms with Gasteiger partial charge in [-0.1, -0.05) is 0 Å². The first kappa shape index (κ1) is 14.6. The molecule has 1 aliphatic rings. The highest BCUT2D eigenvalue weighted by Gasteiger charge is 2.23. The summed E-state index contributed by atoms with van der Waals surface area (Å²) in [5.41, 5.74) is 3.00. The van der Waals surface area contributed by atoms with Crippen molar-refractivity contribution in [3.05, 3.63) is 33.7 Å². The molecular formula is C17H20N2O3. The molecule has 116 valence electrons. The first-order valence-electron chi connectivity index (χ1n) is 7.67. The maximum Gasteiger partial charge on any atom is 0.347 e. The van der Waals surface area contributed by atoms with Crippen molar-refractivity contribution in [1.82, 2.24) is 0 Å². The number of rotatable bonds is 3. The Morgan fingerprint density at radius 1 is 1.14 bits per heavy atom. The highest BCUT2D eigenvalue weighted by atomic mass is 16.4. The number of aldehydes is 1. The zero-order valence-electron chi connectivity index (χ0n) is 13.2. The van der Waals surface area contributed by atoms with Gasteiger partial charge in [-0.25, -0.2) is 4.79 Å².